The Kier molecular flexibility index (Phi) is 2.02. The number of aromatic nitrogens is 1. The maximum Gasteiger partial charge on any atom is 0.220 e. The van der Waals surface area contributed by atoms with Gasteiger partial charge >= 0.3 is 0 Å². The first-order valence-corrected chi connectivity index (χ1v) is 3.05. The number of rotatable bonds is 1. The van der Waals surface area contributed by atoms with Gasteiger partial charge in [0.25, 0.3) is 0 Å². The molecule has 10 heavy (non-hydrogen) atoms. The highest BCUT2D eigenvalue weighted by Gasteiger charge is 1.98. The van der Waals surface area contributed by atoms with Crippen LogP contribution in [-0.4, -0.2) is 4.98 Å². The Morgan fingerprint density at radius 1 is 1.70 bits per heavy atom. The molecule has 0 N–H and O–H groups in total. The van der Waals surface area contributed by atoms with Gasteiger partial charge in [0.15, 0.2) is 0 Å². The van der Waals surface area contributed by atoms with E-state index in [0.717, 1.165) is 0 Å². The van der Waals surface area contributed by atoms with Crippen molar-refractivity contribution in [3.8, 4) is 0 Å². The Labute approximate surface area is 63.2 Å². The van der Waals surface area contributed by atoms with Crippen LogP contribution in [0.4, 0.5) is 4.39 Å². The number of pyridine rings is 1. The summed E-state index contributed by atoms with van der Waals surface area (Å²) < 4.78 is 12.5. The van der Waals surface area contributed by atoms with Crippen LogP contribution in [0.1, 0.15) is 5.56 Å². The van der Waals surface area contributed by atoms with Crippen LogP contribution >= 0.6 is 11.6 Å². The van der Waals surface area contributed by atoms with Crippen molar-refractivity contribution < 1.29 is 4.39 Å². The van der Waals surface area contributed by atoms with E-state index in [1.165, 1.54) is 18.3 Å². The molecule has 0 atom stereocenters. The van der Waals surface area contributed by atoms with Gasteiger partial charge in [-0.15, -0.1) is 0 Å². The molecule has 0 bridgehead atoms. The smallest absolute Gasteiger partial charge is 0.220 e. The third kappa shape index (κ3) is 1.33. The van der Waals surface area contributed by atoms with E-state index in [9.17, 15) is 4.39 Å². The van der Waals surface area contributed by atoms with E-state index in [0.29, 0.717) is 10.6 Å². The van der Waals surface area contributed by atoms with Gasteiger partial charge in [-0.25, -0.2) is 4.98 Å². The largest absolute Gasteiger partial charge is 0.226 e. The van der Waals surface area contributed by atoms with Crippen molar-refractivity contribution in [3.05, 3.63) is 35.4 Å². The lowest BCUT2D eigenvalue weighted by Crippen LogP contribution is -1.85. The number of hydrogen-bond donors (Lipinski definition) is 0. The average molecular weight is 158 g/mol. The topological polar surface area (TPSA) is 12.9 Å². The summed E-state index contributed by atoms with van der Waals surface area (Å²) >= 11 is 5.52. The van der Waals surface area contributed by atoms with Crippen LogP contribution in [-0.2, 0) is 0 Å². The molecule has 0 aromatic carbocycles. The molecule has 0 aliphatic carbocycles. The van der Waals surface area contributed by atoms with Crippen molar-refractivity contribution in [1.29, 1.82) is 0 Å². The lowest BCUT2D eigenvalue weighted by Gasteiger charge is -1.93. The van der Waals surface area contributed by atoms with Crippen molar-refractivity contribution in [3.63, 3.8) is 0 Å². The van der Waals surface area contributed by atoms with Gasteiger partial charge in [0.05, 0.1) is 5.02 Å². The fourth-order valence-corrected chi connectivity index (χ4v) is 0.748. The first-order chi connectivity index (χ1) is 4.74. The third-order valence-corrected chi connectivity index (χ3v) is 1.26. The van der Waals surface area contributed by atoms with Gasteiger partial charge in [0.2, 0.25) is 5.95 Å². The maximum absolute atomic E-state index is 12.5. The molecule has 3 heteroatoms. The SMILES string of the molecule is C=Cc1cc(Cl)cnc1F. The normalized spacial score (nSPS) is 9.40. The quantitative estimate of drug-likeness (QED) is 0.571. The molecule has 0 amide bonds. The van der Waals surface area contributed by atoms with Crippen LogP contribution in [0, 0.1) is 5.95 Å². The summed E-state index contributed by atoms with van der Waals surface area (Å²) in [5, 5.41) is 0.413. The van der Waals surface area contributed by atoms with Crippen molar-refractivity contribution in [2.24, 2.45) is 0 Å². The second kappa shape index (κ2) is 2.80. The molecule has 0 aliphatic heterocycles. The fraction of sp³-hybridized carbons (Fsp3) is 0. The zero-order chi connectivity index (χ0) is 7.56. The van der Waals surface area contributed by atoms with Gasteiger partial charge in [0.1, 0.15) is 0 Å². The van der Waals surface area contributed by atoms with E-state index in [1.807, 2.05) is 0 Å². The van der Waals surface area contributed by atoms with Gasteiger partial charge in [0, 0.05) is 11.8 Å². The zero-order valence-corrected chi connectivity index (χ0v) is 5.90. The molecule has 0 saturated heterocycles. The Balaban J connectivity index is 3.21. The van der Waals surface area contributed by atoms with Crippen molar-refractivity contribution in [2.75, 3.05) is 0 Å². The van der Waals surface area contributed by atoms with Gasteiger partial charge in [-0.2, -0.15) is 4.39 Å². The average Bonchev–Trinajstić information content (AvgIpc) is 1.94. The van der Waals surface area contributed by atoms with Crippen LogP contribution in [0.25, 0.3) is 6.08 Å². The van der Waals surface area contributed by atoms with Crippen LogP contribution < -0.4 is 0 Å². The molecule has 1 aromatic heterocycles. The van der Waals surface area contributed by atoms with Gasteiger partial charge in [-0.3, -0.25) is 0 Å². The highest BCUT2D eigenvalue weighted by Crippen LogP contribution is 2.12. The van der Waals surface area contributed by atoms with E-state index in [-0.39, 0.29) is 0 Å². The first kappa shape index (κ1) is 7.22. The number of halogens is 2. The maximum atomic E-state index is 12.5. The third-order valence-electron chi connectivity index (χ3n) is 1.05. The molecule has 0 aliphatic rings. The highest BCUT2D eigenvalue weighted by molar-refractivity contribution is 6.30. The van der Waals surface area contributed by atoms with Crippen LogP contribution in [0.2, 0.25) is 5.02 Å². The zero-order valence-electron chi connectivity index (χ0n) is 5.14. The molecule has 0 unspecified atom stereocenters. The second-order valence-electron chi connectivity index (χ2n) is 1.74. The van der Waals surface area contributed by atoms with E-state index in [1.54, 1.807) is 0 Å². The van der Waals surface area contributed by atoms with Gasteiger partial charge in [-0.1, -0.05) is 24.3 Å². The van der Waals surface area contributed by atoms with E-state index < -0.39 is 5.95 Å². The summed E-state index contributed by atoms with van der Waals surface area (Å²) in [4.78, 5) is 3.38. The van der Waals surface area contributed by atoms with Gasteiger partial charge in [-0.05, 0) is 6.07 Å². The Hall–Kier alpha value is -0.890. The van der Waals surface area contributed by atoms with Crippen molar-refractivity contribution in [2.45, 2.75) is 0 Å². The summed E-state index contributed by atoms with van der Waals surface area (Å²) in [6.45, 7) is 3.39. The van der Waals surface area contributed by atoms with E-state index >= 15 is 0 Å². The second-order valence-corrected chi connectivity index (χ2v) is 2.17. The predicted molar refractivity (Wildman–Crippen MR) is 39.3 cm³/mol. The lowest BCUT2D eigenvalue weighted by atomic mass is 10.3. The molecule has 1 heterocycles. The first-order valence-electron chi connectivity index (χ1n) is 2.67. The molecular formula is C7H5ClFN. The van der Waals surface area contributed by atoms with Crippen LogP contribution in [0.15, 0.2) is 18.8 Å². The Morgan fingerprint density at radius 2 is 2.40 bits per heavy atom. The molecule has 0 radical (unpaired) electrons. The number of nitrogens with zero attached hydrogens (tertiary/aromatic N) is 1. The predicted octanol–water partition coefficient (Wildman–Crippen LogP) is 2.52. The highest BCUT2D eigenvalue weighted by atomic mass is 35.5. The lowest BCUT2D eigenvalue weighted by molar-refractivity contribution is 0.581. The van der Waals surface area contributed by atoms with Crippen molar-refractivity contribution in [1.82, 2.24) is 4.98 Å². The summed E-state index contributed by atoms with van der Waals surface area (Å²) in [5.74, 6) is -0.542. The minimum Gasteiger partial charge on any atom is -0.226 e. The van der Waals surface area contributed by atoms with Crippen LogP contribution in [0.3, 0.4) is 0 Å². The fourth-order valence-electron chi connectivity index (χ4n) is 0.581. The van der Waals surface area contributed by atoms with E-state index in [2.05, 4.69) is 11.6 Å². The molecule has 1 rings (SSSR count). The molecule has 1 nitrogen and oxygen atoms in total. The molecular weight excluding hydrogens is 153 g/mol. The summed E-state index contributed by atoms with van der Waals surface area (Å²) in [5.41, 5.74) is 0.326. The Bertz CT molecular complexity index is 260. The summed E-state index contributed by atoms with van der Waals surface area (Å²) in [7, 11) is 0. The standard InChI is InChI=1S/C7H5ClFN/c1-2-5-3-6(8)4-10-7(5)9/h2-4H,1H2. The molecule has 0 saturated carbocycles. The van der Waals surface area contributed by atoms with Crippen LogP contribution in [0.5, 0.6) is 0 Å². The minimum atomic E-state index is -0.542. The van der Waals surface area contributed by atoms with E-state index in [4.69, 9.17) is 11.6 Å². The molecule has 0 fully saturated rings. The summed E-state index contributed by atoms with van der Waals surface area (Å²) in [6, 6.07) is 1.47. The summed E-state index contributed by atoms with van der Waals surface area (Å²) in [6.07, 6.45) is 2.62. The Morgan fingerprint density at radius 3 is 2.90 bits per heavy atom. The molecule has 52 valence electrons. The number of hydrogen-bond acceptors (Lipinski definition) is 1. The molecule has 1 aromatic rings. The molecule has 0 spiro atoms. The minimum absolute atomic E-state index is 0.326. The van der Waals surface area contributed by atoms with Gasteiger partial charge < -0.3 is 0 Å². The van der Waals surface area contributed by atoms with Crippen molar-refractivity contribution >= 4 is 17.7 Å². The monoisotopic (exact) mass is 157 g/mol.